The van der Waals surface area contributed by atoms with Crippen LogP contribution in [0.1, 0.15) is 37.6 Å². The summed E-state index contributed by atoms with van der Waals surface area (Å²) in [6.45, 7) is 7.48. The molecule has 0 aromatic carbocycles. The molecule has 0 spiro atoms. The molecule has 15 heavy (non-hydrogen) atoms. The number of nitrogens with one attached hydrogen (secondary N) is 2. The Hall–Kier alpha value is -0.870. The fourth-order valence-corrected chi connectivity index (χ4v) is 1.61. The van der Waals surface area contributed by atoms with Crippen LogP contribution in [-0.4, -0.2) is 28.5 Å². The van der Waals surface area contributed by atoms with Gasteiger partial charge in [0, 0.05) is 23.9 Å². The van der Waals surface area contributed by atoms with Crippen LogP contribution in [0.25, 0.3) is 0 Å². The van der Waals surface area contributed by atoms with Gasteiger partial charge < -0.3 is 10.4 Å². The molecule has 4 heteroatoms. The van der Waals surface area contributed by atoms with Gasteiger partial charge in [-0.2, -0.15) is 5.10 Å². The summed E-state index contributed by atoms with van der Waals surface area (Å²) in [5, 5.41) is 19.2. The van der Waals surface area contributed by atoms with Gasteiger partial charge >= 0.3 is 0 Å². The summed E-state index contributed by atoms with van der Waals surface area (Å²) in [6.07, 6.45) is 2.72. The van der Waals surface area contributed by atoms with Crippen molar-refractivity contribution in [3.63, 3.8) is 0 Å². The maximum Gasteiger partial charge on any atom is 0.0537 e. The van der Waals surface area contributed by atoms with E-state index in [1.54, 1.807) is 0 Å². The van der Waals surface area contributed by atoms with Gasteiger partial charge in [-0.25, -0.2) is 0 Å². The minimum atomic E-state index is 0.266. The van der Waals surface area contributed by atoms with E-state index in [0.29, 0.717) is 12.0 Å². The van der Waals surface area contributed by atoms with Gasteiger partial charge in [0.15, 0.2) is 0 Å². The largest absolute Gasteiger partial charge is 0.396 e. The summed E-state index contributed by atoms with van der Waals surface area (Å²) in [5.74, 6) is 0.504. The van der Waals surface area contributed by atoms with Crippen molar-refractivity contribution in [3.8, 4) is 0 Å². The molecule has 0 aliphatic heterocycles. The molecule has 0 fully saturated rings. The van der Waals surface area contributed by atoms with E-state index in [1.807, 2.05) is 13.1 Å². The number of nitrogens with zero attached hydrogens (tertiary/aromatic N) is 1. The summed E-state index contributed by atoms with van der Waals surface area (Å²) in [5.41, 5.74) is 2.33. The number of H-pyrrole nitrogens is 1. The number of hydrogen-bond acceptors (Lipinski definition) is 3. The third-order valence-electron chi connectivity index (χ3n) is 2.73. The minimum Gasteiger partial charge on any atom is -0.396 e. The second kappa shape index (κ2) is 5.88. The maximum absolute atomic E-state index is 8.79. The molecule has 3 N–H and O–H groups in total. The molecular formula is C11H21N3O. The summed E-state index contributed by atoms with van der Waals surface area (Å²) in [6, 6.07) is 0.310. The van der Waals surface area contributed by atoms with Crippen molar-refractivity contribution in [2.24, 2.45) is 5.92 Å². The molecule has 0 bridgehead atoms. The Bertz CT molecular complexity index is 285. The maximum atomic E-state index is 8.79. The Morgan fingerprint density at radius 3 is 2.80 bits per heavy atom. The molecule has 0 aliphatic carbocycles. The Morgan fingerprint density at radius 1 is 1.53 bits per heavy atom. The molecule has 0 saturated heterocycles. The molecule has 2 unspecified atom stereocenters. The summed E-state index contributed by atoms with van der Waals surface area (Å²) < 4.78 is 0. The van der Waals surface area contributed by atoms with Crippen molar-refractivity contribution in [1.29, 1.82) is 0 Å². The Labute approximate surface area is 91.1 Å². The lowest BCUT2D eigenvalue weighted by molar-refractivity contribution is 0.258. The zero-order chi connectivity index (χ0) is 11.3. The first-order chi connectivity index (χ1) is 7.15. The highest BCUT2D eigenvalue weighted by molar-refractivity contribution is 5.18. The summed E-state index contributed by atoms with van der Waals surface area (Å²) in [7, 11) is 0. The van der Waals surface area contributed by atoms with Gasteiger partial charge in [0.25, 0.3) is 0 Å². The van der Waals surface area contributed by atoms with Gasteiger partial charge in [-0.15, -0.1) is 0 Å². The van der Waals surface area contributed by atoms with E-state index >= 15 is 0 Å². The Kier molecular flexibility index (Phi) is 4.78. The molecule has 0 amide bonds. The van der Waals surface area contributed by atoms with Crippen LogP contribution in [-0.2, 0) is 0 Å². The van der Waals surface area contributed by atoms with Crippen LogP contribution in [0.15, 0.2) is 6.20 Å². The first-order valence-corrected chi connectivity index (χ1v) is 5.49. The van der Waals surface area contributed by atoms with E-state index in [9.17, 15) is 0 Å². The Balaban J connectivity index is 2.36. The first kappa shape index (κ1) is 12.2. The average molecular weight is 211 g/mol. The molecule has 2 atom stereocenters. The highest BCUT2D eigenvalue weighted by atomic mass is 16.3. The standard InChI is InChI=1S/C11H21N3O/c1-8(4-5-15)6-12-9(2)11-7-13-14-10(11)3/h7-9,12,15H,4-6H2,1-3H3,(H,13,14). The molecule has 1 heterocycles. The molecular weight excluding hydrogens is 190 g/mol. The van der Waals surface area contributed by atoms with Crippen molar-refractivity contribution in [2.75, 3.05) is 13.2 Å². The van der Waals surface area contributed by atoms with Crippen molar-refractivity contribution >= 4 is 0 Å². The molecule has 1 rings (SSSR count). The number of hydrogen-bond donors (Lipinski definition) is 3. The van der Waals surface area contributed by atoms with Crippen molar-refractivity contribution in [3.05, 3.63) is 17.5 Å². The number of rotatable bonds is 6. The van der Waals surface area contributed by atoms with Crippen LogP contribution in [0.4, 0.5) is 0 Å². The lowest BCUT2D eigenvalue weighted by atomic mass is 10.1. The zero-order valence-corrected chi connectivity index (χ0v) is 9.75. The van der Waals surface area contributed by atoms with Crippen LogP contribution < -0.4 is 5.32 Å². The lowest BCUT2D eigenvalue weighted by Crippen LogP contribution is -2.25. The summed E-state index contributed by atoms with van der Waals surface area (Å²) >= 11 is 0. The van der Waals surface area contributed by atoms with Crippen LogP contribution in [0.2, 0.25) is 0 Å². The van der Waals surface area contributed by atoms with E-state index < -0.39 is 0 Å². The van der Waals surface area contributed by atoms with Gasteiger partial charge in [-0.3, -0.25) is 5.10 Å². The second-order valence-corrected chi connectivity index (χ2v) is 4.20. The van der Waals surface area contributed by atoms with Crippen LogP contribution in [0, 0.1) is 12.8 Å². The molecule has 0 radical (unpaired) electrons. The first-order valence-electron chi connectivity index (χ1n) is 5.49. The monoisotopic (exact) mass is 211 g/mol. The van der Waals surface area contributed by atoms with Crippen LogP contribution >= 0.6 is 0 Å². The van der Waals surface area contributed by atoms with E-state index in [-0.39, 0.29) is 6.61 Å². The third-order valence-corrected chi connectivity index (χ3v) is 2.73. The number of aromatic amines is 1. The van der Waals surface area contributed by atoms with Gasteiger partial charge in [0.2, 0.25) is 0 Å². The van der Waals surface area contributed by atoms with Gasteiger partial charge in [0.05, 0.1) is 6.20 Å². The van der Waals surface area contributed by atoms with E-state index in [2.05, 4.69) is 29.4 Å². The molecule has 4 nitrogen and oxygen atoms in total. The molecule has 86 valence electrons. The smallest absolute Gasteiger partial charge is 0.0537 e. The fourth-order valence-electron chi connectivity index (χ4n) is 1.61. The predicted molar refractivity (Wildman–Crippen MR) is 60.6 cm³/mol. The summed E-state index contributed by atoms with van der Waals surface area (Å²) in [4.78, 5) is 0. The van der Waals surface area contributed by atoms with Gasteiger partial charge in [-0.05, 0) is 32.7 Å². The van der Waals surface area contributed by atoms with Crippen LogP contribution in [0.5, 0.6) is 0 Å². The number of aromatic nitrogens is 2. The quantitative estimate of drug-likeness (QED) is 0.666. The topological polar surface area (TPSA) is 60.9 Å². The van der Waals surface area contributed by atoms with Crippen molar-refractivity contribution in [1.82, 2.24) is 15.5 Å². The highest BCUT2D eigenvalue weighted by Crippen LogP contribution is 2.14. The van der Waals surface area contributed by atoms with E-state index in [4.69, 9.17) is 5.11 Å². The highest BCUT2D eigenvalue weighted by Gasteiger charge is 2.10. The van der Waals surface area contributed by atoms with E-state index in [0.717, 1.165) is 18.7 Å². The second-order valence-electron chi connectivity index (χ2n) is 4.20. The van der Waals surface area contributed by atoms with Gasteiger partial charge in [0.1, 0.15) is 0 Å². The Morgan fingerprint density at radius 2 is 2.27 bits per heavy atom. The predicted octanol–water partition coefficient (Wildman–Crippen LogP) is 1.39. The molecule has 1 aromatic heterocycles. The third kappa shape index (κ3) is 3.64. The lowest BCUT2D eigenvalue weighted by Gasteiger charge is -2.16. The van der Waals surface area contributed by atoms with Crippen molar-refractivity contribution in [2.45, 2.75) is 33.2 Å². The SMILES string of the molecule is Cc1[nH]ncc1C(C)NCC(C)CCO. The number of aliphatic hydroxyl groups is 1. The van der Waals surface area contributed by atoms with E-state index in [1.165, 1.54) is 5.56 Å². The normalized spacial score (nSPS) is 15.2. The van der Waals surface area contributed by atoms with Gasteiger partial charge in [-0.1, -0.05) is 6.92 Å². The molecule has 0 saturated carbocycles. The van der Waals surface area contributed by atoms with Crippen LogP contribution in [0.3, 0.4) is 0 Å². The molecule has 0 aliphatic rings. The number of aliphatic hydroxyl groups excluding tert-OH is 1. The number of aryl methyl sites for hydroxylation is 1. The average Bonchev–Trinajstić information content (AvgIpc) is 2.61. The molecule has 1 aromatic rings. The fraction of sp³-hybridized carbons (Fsp3) is 0.727. The minimum absolute atomic E-state index is 0.266. The van der Waals surface area contributed by atoms with Crippen molar-refractivity contribution < 1.29 is 5.11 Å². The zero-order valence-electron chi connectivity index (χ0n) is 9.75.